The SMILES string of the molecule is COc1c(C)ccc([N+](=O)[O-])c1Br. The smallest absolute Gasteiger partial charge is 0.287 e. The topological polar surface area (TPSA) is 52.4 Å². The van der Waals surface area contributed by atoms with Crippen molar-refractivity contribution in [2.75, 3.05) is 7.11 Å². The number of rotatable bonds is 2. The molecule has 0 aliphatic carbocycles. The molecule has 0 atom stereocenters. The number of nitro groups is 1. The van der Waals surface area contributed by atoms with Crippen molar-refractivity contribution in [2.45, 2.75) is 6.92 Å². The molecule has 70 valence electrons. The van der Waals surface area contributed by atoms with Gasteiger partial charge in [0.2, 0.25) is 0 Å². The number of halogens is 1. The number of hydrogen-bond donors (Lipinski definition) is 0. The molecular formula is C8H8BrNO3. The van der Waals surface area contributed by atoms with E-state index in [9.17, 15) is 10.1 Å². The lowest BCUT2D eigenvalue weighted by Crippen LogP contribution is -1.94. The highest BCUT2D eigenvalue weighted by Gasteiger charge is 2.17. The van der Waals surface area contributed by atoms with E-state index in [1.54, 1.807) is 6.07 Å². The van der Waals surface area contributed by atoms with Crippen molar-refractivity contribution in [1.82, 2.24) is 0 Å². The van der Waals surface area contributed by atoms with Crippen molar-refractivity contribution in [3.8, 4) is 5.75 Å². The summed E-state index contributed by atoms with van der Waals surface area (Å²) < 4.78 is 5.40. The second-order valence-electron chi connectivity index (χ2n) is 2.51. The highest BCUT2D eigenvalue weighted by molar-refractivity contribution is 9.10. The minimum atomic E-state index is -0.452. The van der Waals surface area contributed by atoms with Crippen LogP contribution in [0, 0.1) is 17.0 Å². The molecule has 1 rings (SSSR count). The molecule has 4 nitrogen and oxygen atoms in total. The van der Waals surface area contributed by atoms with Crippen LogP contribution in [0.25, 0.3) is 0 Å². The summed E-state index contributed by atoms with van der Waals surface area (Å²) >= 11 is 3.13. The summed E-state index contributed by atoms with van der Waals surface area (Å²) in [5.74, 6) is 0.509. The molecule has 0 unspecified atom stereocenters. The van der Waals surface area contributed by atoms with Crippen molar-refractivity contribution in [2.24, 2.45) is 0 Å². The third kappa shape index (κ3) is 1.80. The standard InChI is InChI=1S/C8H8BrNO3/c1-5-3-4-6(10(11)12)7(9)8(5)13-2/h3-4H,1-2H3. The molecular weight excluding hydrogens is 238 g/mol. The van der Waals surface area contributed by atoms with Gasteiger partial charge in [-0.1, -0.05) is 0 Å². The van der Waals surface area contributed by atoms with E-state index in [-0.39, 0.29) is 5.69 Å². The minimum absolute atomic E-state index is 0.0162. The Labute approximate surface area is 83.8 Å². The summed E-state index contributed by atoms with van der Waals surface area (Å²) in [4.78, 5) is 10.1. The fraction of sp³-hybridized carbons (Fsp3) is 0.250. The molecule has 0 radical (unpaired) electrons. The van der Waals surface area contributed by atoms with Crippen LogP contribution in [-0.2, 0) is 0 Å². The molecule has 0 saturated heterocycles. The summed E-state index contributed by atoms with van der Waals surface area (Å²) in [5, 5.41) is 10.5. The maximum Gasteiger partial charge on any atom is 0.287 e. The number of benzene rings is 1. The number of nitrogens with zero attached hydrogens (tertiary/aromatic N) is 1. The van der Waals surface area contributed by atoms with E-state index in [1.807, 2.05) is 6.92 Å². The molecule has 0 heterocycles. The molecule has 0 saturated carbocycles. The largest absolute Gasteiger partial charge is 0.495 e. The normalized spacial score (nSPS) is 9.77. The molecule has 0 fully saturated rings. The van der Waals surface area contributed by atoms with E-state index in [4.69, 9.17) is 4.74 Å². The van der Waals surface area contributed by atoms with Crippen LogP contribution in [0.3, 0.4) is 0 Å². The average Bonchev–Trinajstić information content (AvgIpc) is 2.04. The van der Waals surface area contributed by atoms with Gasteiger partial charge in [0.05, 0.1) is 12.0 Å². The van der Waals surface area contributed by atoms with Gasteiger partial charge >= 0.3 is 0 Å². The van der Waals surface area contributed by atoms with Gasteiger partial charge in [0.15, 0.2) is 0 Å². The first-order chi connectivity index (χ1) is 6.07. The van der Waals surface area contributed by atoms with Gasteiger partial charge in [-0.25, -0.2) is 0 Å². The predicted octanol–water partition coefficient (Wildman–Crippen LogP) is 2.67. The molecule has 0 spiro atoms. The lowest BCUT2D eigenvalue weighted by molar-refractivity contribution is -0.385. The summed E-state index contributed by atoms with van der Waals surface area (Å²) in [6.07, 6.45) is 0. The van der Waals surface area contributed by atoms with Gasteiger partial charge in [0.1, 0.15) is 10.2 Å². The van der Waals surface area contributed by atoms with Gasteiger partial charge in [-0.15, -0.1) is 0 Å². The Hall–Kier alpha value is -1.10. The highest BCUT2D eigenvalue weighted by Crippen LogP contribution is 2.36. The lowest BCUT2D eigenvalue weighted by Gasteiger charge is -2.06. The first-order valence-corrected chi connectivity index (χ1v) is 4.34. The average molecular weight is 246 g/mol. The first kappa shape index (κ1) is 9.98. The van der Waals surface area contributed by atoms with Crippen molar-refractivity contribution in [3.63, 3.8) is 0 Å². The monoisotopic (exact) mass is 245 g/mol. The van der Waals surface area contributed by atoms with Gasteiger partial charge in [-0.05, 0) is 34.5 Å². The van der Waals surface area contributed by atoms with Crippen LogP contribution < -0.4 is 4.74 Å². The van der Waals surface area contributed by atoms with Crippen molar-refractivity contribution in [1.29, 1.82) is 0 Å². The Bertz CT molecular complexity index is 351. The van der Waals surface area contributed by atoms with Crippen LogP contribution >= 0.6 is 15.9 Å². The molecule has 0 N–H and O–H groups in total. The van der Waals surface area contributed by atoms with E-state index >= 15 is 0 Å². The van der Waals surface area contributed by atoms with Gasteiger partial charge in [-0.2, -0.15) is 0 Å². The molecule has 13 heavy (non-hydrogen) atoms. The number of nitro benzene ring substituents is 1. The molecule has 0 aliphatic heterocycles. The first-order valence-electron chi connectivity index (χ1n) is 3.55. The zero-order valence-electron chi connectivity index (χ0n) is 7.20. The van der Waals surface area contributed by atoms with E-state index in [2.05, 4.69) is 15.9 Å². The van der Waals surface area contributed by atoms with Crippen LogP contribution in [0.15, 0.2) is 16.6 Å². The quantitative estimate of drug-likeness (QED) is 0.595. The van der Waals surface area contributed by atoms with Crippen LogP contribution in [0.1, 0.15) is 5.56 Å². The fourth-order valence-electron chi connectivity index (χ4n) is 1.03. The number of methoxy groups -OCH3 is 1. The van der Waals surface area contributed by atoms with Crippen LogP contribution in [-0.4, -0.2) is 12.0 Å². The molecule has 0 aromatic heterocycles. The Morgan fingerprint density at radius 2 is 2.15 bits per heavy atom. The van der Waals surface area contributed by atoms with Crippen molar-refractivity contribution < 1.29 is 9.66 Å². The summed E-state index contributed by atoms with van der Waals surface area (Å²) in [5.41, 5.74) is 0.877. The zero-order valence-corrected chi connectivity index (χ0v) is 8.79. The maximum atomic E-state index is 10.5. The predicted molar refractivity (Wildman–Crippen MR) is 52.1 cm³/mol. The van der Waals surface area contributed by atoms with E-state index in [1.165, 1.54) is 13.2 Å². The molecule has 0 amide bonds. The van der Waals surface area contributed by atoms with E-state index in [0.29, 0.717) is 10.2 Å². The number of ether oxygens (including phenoxy) is 1. The second kappa shape index (κ2) is 3.74. The Balaban J connectivity index is 3.35. The Kier molecular flexibility index (Phi) is 2.87. The van der Waals surface area contributed by atoms with E-state index < -0.39 is 4.92 Å². The Morgan fingerprint density at radius 3 is 2.62 bits per heavy atom. The molecule has 5 heteroatoms. The molecule has 0 bridgehead atoms. The molecule has 1 aromatic rings. The third-order valence-corrected chi connectivity index (χ3v) is 2.44. The van der Waals surface area contributed by atoms with Gasteiger partial charge in [-0.3, -0.25) is 10.1 Å². The molecule has 0 aliphatic rings. The van der Waals surface area contributed by atoms with Crippen LogP contribution in [0.4, 0.5) is 5.69 Å². The summed E-state index contributed by atoms with van der Waals surface area (Å²) in [6.45, 7) is 1.83. The van der Waals surface area contributed by atoms with Gasteiger partial charge < -0.3 is 4.74 Å². The summed E-state index contributed by atoms with van der Waals surface area (Å²) in [6, 6.07) is 3.10. The van der Waals surface area contributed by atoms with Gasteiger partial charge in [0.25, 0.3) is 5.69 Å². The third-order valence-electron chi connectivity index (χ3n) is 1.67. The van der Waals surface area contributed by atoms with Crippen LogP contribution in [0.5, 0.6) is 5.75 Å². The number of aryl methyl sites for hydroxylation is 1. The van der Waals surface area contributed by atoms with Crippen LogP contribution in [0.2, 0.25) is 0 Å². The minimum Gasteiger partial charge on any atom is -0.495 e. The fourth-order valence-corrected chi connectivity index (χ4v) is 1.79. The summed E-state index contributed by atoms with van der Waals surface area (Å²) in [7, 11) is 1.48. The van der Waals surface area contributed by atoms with Crippen molar-refractivity contribution in [3.05, 3.63) is 32.3 Å². The molecule has 1 aromatic carbocycles. The Morgan fingerprint density at radius 1 is 1.54 bits per heavy atom. The lowest BCUT2D eigenvalue weighted by atomic mass is 10.2. The second-order valence-corrected chi connectivity index (χ2v) is 3.30. The zero-order chi connectivity index (χ0) is 10.0. The van der Waals surface area contributed by atoms with Gasteiger partial charge in [0, 0.05) is 6.07 Å². The maximum absolute atomic E-state index is 10.5. The van der Waals surface area contributed by atoms with E-state index in [0.717, 1.165) is 5.56 Å². The highest BCUT2D eigenvalue weighted by atomic mass is 79.9. The number of hydrogen-bond acceptors (Lipinski definition) is 3. The van der Waals surface area contributed by atoms with Crippen molar-refractivity contribution >= 4 is 21.6 Å².